The van der Waals surface area contributed by atoms with Crippen LogP contribution in [0.4, 0.5) is 0 Å². The summed E-state index contributed by atoms with van der Waals surface area (Å²) >= 11 is 0. The summed E-state index contributed by atoms with van der Waals surface area (Å²) < 4.78 is 0. The molecule has 0 atom stereocenters. The number of aliphatic hydroxyl groups is 1. The van der Waals surface area contributed by atoms with Crippen molar-refractivity contribution in [1.29, 1.82) is 0 Å². The van der Waals surface area contributed by atoms with Gasteiger partial charge in [0.15, 0.2) is 0 Å². The van der Waals surface area contributed by atoms with Crippen molar-refractivity contribution in [1.82, 2.24) is 9.88 Å². The lowest BCUT2D eigenvalue weighted by molar-refractivity contribution is -0.00353. The van der Waals surface area contributed by atoms with Gasteiger partial charge in [0.2, 0.25) is 0 Å². The zero-order chi connectivity index (χ0) is 8.39. The first-order chi connectivity index (χ1) is 5.84. The van der Waals surface area contributed by atoms with Crippen LogP contribution in [0.2, 0.25) is 0 Å². The lowest BCUT2D eigenvalue weighted by atomic mass is 10.1. The highest BCUT2D eigenvalue weighted by atomic mass is 16.3. The van der Waals surface area contributed by atoms with Gasteiger partial charge in [-0.2, -0.15) is 0 Å². The Kier molecular flexibility index (Phi) is 2.06. The molecule has 0 amide bonds. The van der Waals surface area contributed by atoms with Crippen molar-refractivity contribution in [2.45, 2.75) is 12.6 Å². The Morgan fingerprint density at radius 1 is 1.50 bits per heavy atom. The van der Waals surface area contributed by atoms with Crippen LogP contribution in [0.5, 0.6) is 0 Å². The third kappa shape index (κ3) is 1.62. The molecule has 64 valence electrons. The number of pyridine rings is 1. The summed E-state index contributed by atoms with van der Waals surface area (Å²) in [5, 5.41) is 9.03. The van der Waals surface area contributed by atoms with E-state index in [9.17, 15) is 0 Å². The van der Waals surface area contributed by atoms with Crippen molar-refractivity contribution in [3.63, 3.8) is 0 Å². The van der Waals surface area contributed by atoms with Crippen molar-refractivity contribution in [2.75, 3.05) is 13.1 Å². The van der Waals surface area contributed by atoms with E-state index in [1.165, 1.54) is 0 Å². The lowest BCUT2D eigenvalue weighted by Crippen LogP contribution is -2.49. The fraction of sp³-hybridized carbons (Fsp3) is 0.444. The van der Waals surface area contributed by atoms with Gasteiger partial charge in [-0.15, -0.1) is 0 Å². The maximum atomic E-state index is 9.03. The van der Waals surface area contributed by atoms with Crippen LogP contribution in [0.25, 0.3) is 0 Å². The highest BCUT2D eigenvalue weighted by Crippen LogP contribution is 2.10. The highest BCUT2D eigenvalue weighted by molar-refractivity contribution is 5.04. The molecule has 1 aromatic rings. The molecule has 1 aromatic heterocycles. The van der Waals surface area contributed by atoms with Gasteiger partial charge >= 0.3 is 0 Å². The predicted octanol–water partition coefficient (Wildman–Crippen LogP) is 0.258. The molecule has 3 nitrogen and oxygen atoms in total. The normalized spacial score (nSPS) is 19.1. The Balaban J connectivity index is 1.88. The molecule has 0 aromatic carbocycles. The smallest absolute Gasteiger partial charge is 0.0794 e. The standard InChI is InChI=1S/C9H12N2O/c12-9-6-11(7-9)5-8-3-1-2-4-10-8/h1-4,9,12H,5-7H2. The second kappa shape index (κ2) is 3.21. The molecule has 0 saturated carbocycles. The van der Waals surface area contributed by atoms with Crippen molar-refractivity contribution in [3.8, 4) is 0 Å². The lowest BCUT2D eigenvalue weighted by Gasteiger charge is -2.35. The van der Waals surface area contributed by atoms with E-state index in [2.05, 4.69) is 9.88 Å². The Hall–Kier alpha value is -0.930. The SMILES string of the molecule is OC1CN(Cc2ccccn2)C1. The molecule has 0 radical (unpaired) electrons. The number of aliphatic hydroxyl groups excluding tert-OH is 1. The zero-order valence-corrected chi connectivity index (χ0v) is 6.85. The summed E-state index contributed by atoms with van der Waals surface area (Å²) in [4.78, 5) is 6.38. The molecular weight excluding hydrogens is 152 g/mol. The van der Waals surface area contributed by atoms with Gasteiger partial charge in [-0.25, -0.2) is 0 Å². The molecule has 0 bridgehead atoms. The van der Waals surface area contributed by atoms with Crippen LogP contribution >= 0.6 is 0 Å². The van der Waals surface area contributed by atoms with E-state index in [4.69, 9.17) is 5.11 Å². The molecule has 1 saturated heterocycles. The summed E-state index contributed by atoms with van der Waals surface area (Å²) in [5.74, 6) is 0. The fourth-order valence-corrected chi connectivity index (χ4v) is 1.39. The highest BCUT2D eigenvalue weighted by Gasteiger charge is 2.23. The fourth-order valence-electron chi connectivity index (χ4n) is 1.39. The molecule has 3 heteroatoms. The first kappa shape index (κ1) is 7.71. The maximum absolute atomic E-state index is 9.03. The number of rotatable bonds is 2. The summed E-state index contributed by atoms with van der Waals surface area (Å²) in [6.07, 6.45) is 1.68. The molecule has 1 fully saturated rings. The van der Waals surface area contributed by atoms with E-state index in [1.807, 2.05) is 18.2 Å². The Bertz CT molecular complexity index is 244. The van der Waals surface area contributed by atoms with Crippen LogP contribution in [0.15, 0.2) is 24.4 Å². The molecule has 0 unspecified atom stereocenters. The minimum atomic E-state index is -0.117. The van der Waals surface area contributed by atoms with E-state index in [0.717, 1.165) is 25.3 Å². The number of hydrogen-bond donors (Lipinski definition) is 1. The molecule has 1 N–H and O–H groups in total. The van der Waals surface area contributed by atoms with Crippen molar-refractivity contribution in [3.05, 3.63) is 30.1 Å². The monoisotopic (exact) mass is 164 g/mol. The largest absolute Gasteiger partial charge is 0.390 e. The van der Waals surface area contributed by atoms with Gasteiger partial charge in [-0.05, 0) is 12.1 Å². The number of nitrogens with zero attached hydrogens (tertiary/aromatic N) is 2. The van der Waals surface area contributed by atoms with Crippen molar-refractivity contribution >= 4 is 0 Å². The maximum Gasteiger partial charge on any atom is 0.0794 e. The molecule has 2 heterocycles. The number of hydrogen-bond acceptors (Lipinski definition) is 3. The quantitative estimate of drug-likeness (QED) is 0.681. The molecular formula is C9H12N2O. The Labute approximate surface area is 71.7 Å². The average molecular weight is 164 g/mol. The third-order valence-corrected chi connectivity index (χ3v) is 2.05. The predicted molar refractivity (Wildman–Crippen MR) is 45.5 cm³/mol. The second-order valence-electron chi connectivity index (χ2n) is 3.17. The van der Waals surface area contributed by atoms with Gasteiger partial charge in [0.25, 0.3) is 0 Å². The number of aromatic nitrogens is 1. The van der Waals surface area contributed by atoms with E-state index >= 15 is 0 Å². The van der Waals surface area contributed by atoms with E-state index in [-0.39, 0.29) is 6.10 Å². The van der Waals surface area contributed by atoms with E-state index < -0.39 is 0 Å². The van der Waals surface area contributed by atoms with E-state index in [0.29, 0.717) is 0 Å². The molecule has 2 rings (SSSR count). The van der Waals surface area contributed by atoms with Crippen LogP contribution in [0.1, 0.15) is 5.69 Å². The summed E-state index contributed by atoms with van der Waals surface area (Å²) in [7, 11) is 0. The van der Waals surface area contributed by atoms with Crippen LogP contribution in [-0.4, -0.2) is 34.2 Å². The minimum absolute atomic E-state index is 0.117. The average Bonchev–Trinajstić information content (AvgIpc) is 2.04. The topological polar surface area (TPSA) is 36.4 Å². The summed E-state index contributed by atoms with van der Waals surface area (Å²) in [6.45, 7) is 2.44. The second-order valence-corrected chi connectivity index (χ2v) is 3.17. The number of β-amino-alcohol motifs (C(OH)–C–C–N with tert-alkyl or cyclic N) is 1. The summed E-state index contributed by atoms with van der Waals surface area (Å²) in [5.41, 5.74) is 1.07. The van der Waals surface area contributed by atoms with E-state index in [1.54, 1.807) is 6.20 Å². The first-order valence-corrected chi connectivity index (χ1v) is 4.15. The van der Waals surface area contributed by atoms with Crippen LogP contribution in [0, 0.1) is 0 Å². The van der Waals surface area contributed by atoms with Crippen LogP contribution < -0.4 is 0 Å². The third-order valence-electron chi connectivity index (χ3n) is 2.05. The van der Waals surface area contributed by atoms with Crippen molar-refractivity contribution < 1.29 is 5.11 Å². The van der Waals surface area contributed by atoms with Crippen LogP contribution in [-0.2, 0) is 6.54 Å². The Morgan fingerprint density at radius 2 is 2.33 bits per heavy atom. The van der Waals surface area contributed by atoms with Gasteiger partial charge < -0.3 is 5.11 Å². The van der Waals surface area contributed by atoms with Gasteiger partial charge in [0.05, 0.1) is 11.8 Å². The van der Waals surface area contributed by atoms with Gasteiger partial charge in [0.1, 0.15) is 0 Å². The Morgan fingerprint density at radius 3 is 2.92 bits per heavy atom. The van der Waals surface area contributed by atoms with Crippen LogP contribution in [0.3, 0.4) is 0 Å². The molecule has 1 aliphatic heterocycles. The summed E-state index contributed by atoms with van der Waals surface area (Å²) in [6, 6.07) is 5.90. The molecule has 0 aliphatic carbocycles. The van der Waals surface area contributed by atoms with Gasteiger partial charge in [-0.1, -0.05) is 6.07 Å². The number of likely N-dealkylation sites (tertiary alicyclic amines) is 1. The zero-order valence-electron chi connectivity index (χ0n) is 6.85. The first-order valence-electron chi connectivity index (χ1n) is 4.15. The minimum Gasteiger partial charge on any atom is -0.390 e. The molecule has 1 aliphatic rings. The van der Waals surface area contributed by atoms with Gasteiger partial charge in [0, 0.05) is 25.8 Å². The van der Waals surface area contributed by atoms with Crippen molar-refractivity contribution in [2.24, 2.45) is 0 Å². The van der Waals surface area contributed by atoms with Gasteiger partial charge in [-0.3, -0.25) is 9.88 Å². The molecule has 12 heavy (non-hydrogen) atoms. The molecule has 0 spiro atoms.